The number of thiazole rings is 1. The maximum absolute atomic E-state index is 14.0. The molecule has 29 heavy (non-hydrogen) atoms. The van der Waals surface area contributed by atoms with Gasteiger partial charge >= 0.3 is 0 Å². The zero-order valence-corrected chi connectivity index (χ0v) is 15.6. The van der Waals surface area contributed by atoms with Crippen molar-refractivity contribution in [1.82, 2.24) is 10.3 Å². The van der Waals surface area contributed by atoms with Crippen LogP contribution < -0.4 is 15.0 Å². The van der Waals surface area contributed by atoms with Crippen LogP contribution in [0.4, 0.5) is 18.9 Å². The van der Waals surface area contributed by atoms with E-state index >= 15 is 0 Å². The van der Waals surface area contributed by atoms with E-state index < -0.39 is 17.5 Å². The number of benzene rings is 2. The van der Waals surface area contributed by atoms with Crippen LogP contribution in [0, 0.1) is 17.5 Å². The Morgan fingerprint density at radius 3 is 2.66 bits per heavy atom. The van der Waals surface area contributed by atoms with Crippen molar-refractivity contribution in [3.8, 4) is 10.9 Å². The van der Waals surface area contributed by atoms with Crippen LogP contribution in [0.15, 0.2) is 36.5 Å². The highest BCUT2D eigenvalue weighted by Crippen LogP contribution is 2.33. The Bertz CT molecular complexity index is 1070. The Morgan fingerprint density at radius 1 is 1.21 bits per heavy atom. The molecule has 10 heteroatoms. The van der Waals surface area contributed by atoms with Crippen molar-refractivity contribution in [3.05, 3.63) is 70.0 Å². The maximum Gasteiger partial charge on any atom is 0.278 e. The van der Waals surface area contributed by atoms with Crippen molar-refractivity contribution in [3.63, 3.8) is 0 Å². The average Bonchev–Trinajstić information content (AvgIpc) is 3.14. The number of amides is 1. The summed E-state index contributed by atoms with van der Waals surface area (Å²) in [5, 5.41) is 12.0. The number of aliphatic hydroxyl groups is 1. The lowest BCUT2D eigenvalue weighted by molar-refractivity contribution is 0.0947. The number of nitrogens with one attached hydrogen (secondary N) is 1. The van der Waals surface area contributed by atoms with E-state index in [1.807, 2.05) is 0 Å². The molecule has 0 spiro atoms. The summed E-state index contributed by atoms with van der Waals surface area (Å²) in [7, 11) is 0. The third-order valence-electron chi connectivity index (χ3n) is 4.33. The molecular formula is C19H14F3N3O3S. The van der Waals surface area contributed by atoms with Crippen LogP contribution in [0.1, 0.15) is 20.8 Å². The van der Waals surface area contributed by atoms with Gasteiger partial charge in [0, 0.05) is 23.9 Å². The molecule has 150 valence electrons. The molecule has 2 heterocycles. The van der Waals surface area contributed by atoms with E-state index in [0.717, 1.165) is 11.3 Å². The fourth-order valence-corrected chi connectivity index (χ4v) is 3.59. The van der Waals surface area contributed by atoms with E-state index in [1.165, 1.54) is 12.3 Å². The lowest BCUT2D eigenvalue weighted by Gasteiger charge is -2.31. The molecule has 1 aromatic heterocycles. The normalized spacial score (nSPS) is 13.2. The molecular weight excluding hydrogens is 407 g/mol. The van der Waals surface area contributed by atoms with Crippen LogP contribution in [-0.2, 0) is 13.2 Å². The molecule has 1 aliphatic heterocycles. The number of halogens is 3. The smallest absolute Gasteiger partial charge is 0.278 e. The summed E-state index contributed by atoms with van der Waals surface area (Å²) in [5.74, 6) is -3.01. The van der Waals surface area contributed by atoms with E-state index in [2.05, 4.69) is 10.3 Å². The van der Waals surface area contributed by atoms with Crippen molar-refractivity contribution < 1.29 is 27.8 Å². The molecule has 0 saturated carbocycles. The number of aliphatic hydroxyl groups excluding tert-OH is 1. The fourth-order valence-electron chi connectivity index (χ4n) is 2.95. The molecule has 0 bridgehead atoms. The molecule has 0 saturated heterocycles. The number of aromatic nitrogens is 1. The number of carbonyl (C=O) groups is 1. The highest BCUT2D eigenvalue weighted by molar-refractivity contribution is 7.13. The molecule has 0 aliphatic carbocycles. The summed E-state index contributed by atoms with van der Waals surface area (Å²) in [6.07, 6.45) is 1.48. The van der Waals surface area contributed by atoms with Crippen molar-refractivity contribution in [2.24, 2.45) is 0 Å². The van der Waals surface area contributed by atoms with E-state index in [9.17, 15) is 18.0 Å². The van der Waals surface area contributed by atoms with Crippen LogP contribution in [-0.4, -0.2) is 22.7 Å². The van der Waals surface area contributed by atoms with E-state index in [0.29, 0.717) is 33.6 Å². The van der Waals surface area contributed by atoms with Crippen LogP contribution in [0.3, 0.4) is 0 Å². The van der Waals surface area contributed by atoms with Gasteiger partial charge < -0.3 is 20.1 Å². The Kier molecular flexibility index (Phi) is 5.12. The Labute approximate surface area is 167 Å². The molecule has 4 rings (SSSR count). The summed E-state index contributed by atoms with van der Waals surface area (Å²) >= 11 is 1.16. The molecule has 2 N–H and O–H groups in total. The minimum Gasteiger partial charge on any atom is -0.431 e. The molecule has 0 radical (unpaired) electrons. The number of ether oxygens (including phenoxy) is 1. The summed E-state index contributed by atoms with van der Waals surface area (Å²) in [6, 6.07) is 5.93. The van der Waals surface area contributed by atoms with Crippen molar-refractivity contribution >= 4 is 22.9 Å². The molecule has 3 aromatic rings. The van der Waals surface area contributed by atoms with Gasteiger partial charge in [-0.2, -0.15) is 0 Å². The van der Waals surface area contributed by atoms with Gasteiger partial charge in [0.1, 0.15) is 23.2 Å². The summed E-state index contributed by atoms with van der Waals surface area (Å²) < 4.78 is 46.8. The Morgan fingerprint density at radius 2 is 1.97 bits per heavy atom. The van der Waals surface area contributed by atoms with E-state index in [1.54, 1.807) is 17.0 Å². The number of carbonyl (C=O) groups excluding carboxylic acids is 1. The molecule has 0 fully saturated rings. The molecule has 2 aromatic carbocycles. The lowest BCUT2D eigenvalue weighted by Crippen LogP contribution is -2.43. The predicted molar refractivity (Wildman–Crippen MR) is 99.4 cm³/mol. The first-order valence-corrected chi connectivity index (χ1v) is 9.30. The Hall–Kier alpha value is -3.11. The standard InChI is InChI=1S/C19H14F3N3O3S/c20-10-3-15(21)14(16(22)4-10)7-25-9-24-18(27)13-5-11(1-2-17(13)25)28-19-23-6-12(8-26)29-19/h1-6,26H,7-9H2,(H,24,27). The first kappa shape index (κ1) is 19.2. The number of rotatable bonds is 5. The van der Waals surface area contributed by atoms with Gasteiger partial charge in [-0.15, -0.1) is 0 Å². The minimum absolute atomic E-state index is 0.0363. The van der Waals surface area contributed by atoms with Gasteiger partial charge in [0.15, 0.2) is 0 Å². The highest BCUT2D eigenvalue weighted by atomic mass is 32.1. The number of nitrogens with zero attached hydrogens (tertiary/aromatic N) is 2. The van der Waals surface area contributed by atoms with Crippen molar-refractivity contribution in [1.29, 1.82) is 0 Å². The maximum atomic E-state index is 14.0. The van der Waals surface area contributed by atoms with Crippen molar-refractivity contribution in [2.75, 3.05) is 11.6 Å². The second kappa shape index (κ2) is 7.72. The third-order valence-corrected chi connectivity index (χ3v) is 5.19. The van der Waals surface area contributed by atoms with Crippen molar-refractivity contribution in [2.45, 2.75) is 13.2 Å². The Balaban J connectivity index is 1.61. The van der Waals surface area contributed by atoms with Crippen LogP contribution in [0.5, 0.6) is 10.9 Å². The van der Waals surface area contributed by atoms with Gasteiger partial charge in [0.2, 0.25) is 0 Å². The fraction of sp³-hybridized carbons (Fsp3) is 0.158. The van der Waals surface area contributed by atoms with Crippen LogP contribution >= 0.6 is 11.3 Å². The lowest BCUT2D eigenvalue weighted by atomic mass is 10.1. The molecule has 0 atom stereocenters. The summed E-state index contributed by atoms with van der Waals surface area (Å²) in [4.78, 5) is 18.5. The molecule has 0 unspecified atom stereocenters. The quantitative estimate of drug-likeness (QED) is 0.659. The zero-order chi connectivity index (χ0) is 20.5. The van der Waals surface area contributed by atoms with Gasteiger partial charge in [0.05, 0.1) is 35.9 Å². The SMILES string of the molecule is O=C1NCN(Cc2c(F)cc(F)cc2F)c2ccc(Oc3ncc(CO)s3)cc21. The van der Waals surface area contributed by atoms with Gasteiger partial charge in [0.25, 0.3) is 11.1 Å². The van der Waals surface area contributed by atoms with Crippen LogP contribution in [0.25, 0.3) is 0 Å². The molecule has 1 amide bonds. The highest BCUT2D eigenvalue weighted by Gasteiger charge is 2.25. The van der Waals surface area contributed by atoms with Gasteiger partial charge in [-0.05, 0) is 18.2 Å². The number of hydrogen-bond acceptors (Lipinski definition) is 6. The average molecular weight is 421 g/mol. The monoisotopic (exact) mass is 421 g/mol. The number of hydrogen-bond donors (Lipinski definition) is 2. The zero-order valence-electron chi connectivity index (χ0n) is 14.8. The van der Waals surface area contributed by atoms with E-state index in [4.69, 9.17) is 9.84 Å². The minimum atomic E-state index is -0.996. The second-order valence-electron chi connectivity index (χ2n) is 6.24. The third kappa shape index (κ3) is 3.89. The van der Waals surface area contributed by atoms with Gasteiger partial charge in [-0.3, -0.25) is 4.79 Å². The second-order valence-corrected chi connectivity index (χ2v) is 7.32. The van der Waals surface area contributed by atoms with Crippen LogP contribution in [0.2, 0.25) is 0 Å². The molecule has 1 aliphatic rings. The number of anilines is 1. The topological polar surface area (TPSA) is 74.7 Å². The molecule has 6 nitrogen and oxygen atoms in total. The van der Waals surface area contributed by atoms with E-state index in [-0.39, 0.29) is 36.9 Å². The first-order valence-electron chi connectivity index (χ1n) is 8.48. The predicted octanol–water partition coefficient (Wildman–Crippen LogP) is 3.55. The number of fused-ring (bicyclic) bond motifs is 1. The van der Waals surface area contributed by atoms with Gasteiger partial charge in [-0.25, -0.2) is 18.2 Å². The largest absolute Gasteiger partial charge is 0.431 e. The summed E-state index contributed by atoms with van der Waals surface area (Å²) in [5.41, 5.74) is 0.420. The van der Waals surface area contributed by atoms with Gasteiger partial charge in [-0.1, -0.05) is 11.3 Å². The first-order chi connectivity index (χ1) is 13.9. The summed E-state index contributed by atoms with van der Waals surface area (Å²) in [6.45, 7) is -0.314.